The van der Waals surface area contributed by atoms with Gasteiger partial charge < -0.3 is 15.4 Å². The molecule has 2 aromatic carbocycles. The standard InChI is InChI=1S/C22H24N4O2/c1-16-6-8-18(9-7-16)14-24-22(27)20-13-21(26-15-25-20)23-11-10-17-4-3-5-19(12-17)28-2/h3-9,12-13,15H,10-11,14H2,1-2H3,(H,24,27)(H,23,25,26). The van der Waals surface area contributed by atoms with Crippen molar-refractivity contribution in [3.63, 3.8) is 0 Å². The topological polar surface area (TPSA) is 76.1 Å². The fourth-order valence-corrected chi connectivity index (χ4v) is 2.72. The lowest BCUT2D eigenvalue weighted by atomic mass is 10.1. The van der Waals surface area contributed by atoms with Crippen LogP contribution in [0.4, 0.5) is 5.82 Å². The number of ether oxygens (including phenoxy) is 1. The number of aromatic nitrogens is 2. The Morgan fingerprint density at radius 1 is 1.04 bits per heavy atom. The molecule has 0 fully saturated rings. The molecule has 0 atom stereocenters. The maximum atomic E-state index is 12.4. The Bertz CT molecular complexity index is 926. The van der Waals surface area contributed by atoms with Crippen LogP contribution in [0.2, 0.25) is 0 Å². The summed E-state index contributed by atoms with van der Waals surface area (Å²) < 4.78 is 5.24. The van der Waals surface area contributed by atoms with Crippen molar-refractivity contribution in [2.24, 2.45) is 0 Å². The van der Waals surface area contributed by atoms with Gasteiger partial charge >= 0.3 is 0 Å². The van der Waals surface area contributed by atoms with E-state index in [0.717, 1.165) is 23.3 Å². The van der Waals surface area contributed by atoms with Crippen molar-refractivity contribution in [3.05, 3.63) is 83.3 Å². The summed E-state index contributed by atoms with van der Waals surface area (Å²) in [6.45, 7) is 3.18. The number of methoxy groups -OCH3 is 1. The maximum Gasteiger partial charge on any atom is 0.270 e. The molecule has 0 radical (unpaired) electrons. The second-order valence-electron chi connectivity index (χ2n) is 6.49. The third kappa shape index (κ3) is 5.54. The Labute approximate surface area is 165 Å². The van der Waals surface area contributed by atoms with E-state index in [4.69, 9.17) is 4.74 Å². The minimum atomic E-state index is -0.223. The highest BCUT2D eigenvalue weighted by molar-refractivity contribution is 5.92. The lowest BCUT2D eigenvalue weighted by Gasteiger charge is -2.09. The third-order valence-electron chi connectivity index (χ3n) is 4.33. The van der Waals surface area contributed by atoms with Gasteiger partial charge in [0.05, 0.1) is 7.11 Å². The molecule has 1 aromatic heterocycles. The largest absolute Gasteiger partial charge is 0.497 e. The van der Waals surface area contributed by atoms with Crippen molar-refractivity contribution in [1.82, 2.24) is 15.3 Å². The highest BCUT2D eigenvalue weighted by Gasteiger charge is 2.08. The van der Waals surface area contributed by atoms with Crippen LogP contribution in [0.25, 0.3) is 0 Å². The van der Waals surface area contributed by atoms with E-state index in [9.17, 15) is 4.79 Å². The molecule has 0 aliphatic rings. The van der Waals surface area contributed by atoms with Gasteiger partial charge in [-0.1, -0.05) is 42.0 Å². The smallest absolute Gasteiger partial charge is 0.270 e. The number of aryl methyl sites for hydroxylation is 1. The highest BCUT2D eigenvalue weighted by Crippen LogP contribution is 2.13. The second kappa shape index (κ2) is 9.50. The van der Waals surface area contributed by atoms with Crippen LogP contribution in [0.5, 0.6) is 5.75 Å². The molecule has 0 saturated heterocycles. The zero-order valence-corrected chi connectivity index (χ0v) is 16.1. The Kier molecular flexibility index (Phi) is 6.57. The number of nitrogens with zero attached hydrogens (tertiary/aromatic N) is 2. The summed E-state index contributed by atoms with van der Waals surface area (Å²) in [6.07, 6.45) is 2.21. The first-order valence-electron chi connectivity index (χ1n) is 9.16. The van der Waals surface area contributed by atoms with E-state index in [1.807, 2.05) is 55.5 Å². The number of hydrogen-bond acceptors (Lipinski definition) is 5. The molecular formula is C22H24N4O2. The average Bonchev–Trinajstić information content (AvgIpc) is 2.73. The number of benzene rings is 2. The van der Waals surface area contributed by atoms with Gasteiger partial charge in [0.2, 0.25) is 0 Å². The zero-order valence-electron chi connectivity index (χ0n) is 16.1. The molecule has 0 aliphatic heterocycles. The van der Waals surface area contributed by atoms with Crippen molar-refractivity contribution >= 4 is 11.7 Å². The molecule has 28 heavy (non-hydrogen) atoms. The molecular weight excluding hydrogens is 352 g/mol. The summed E-state index contributed by atoms with van der Waals surface area (Å²) in [6, 6.07) is 17.7. The van der Waals surface area contributed by atoms with Gasteiger partial charge in [-0.05, 0) is 36.6 Å². The van der Waals surface area contributed by atoms with Crippen LogP contribution in [0.15, 0.2) is 60.9 Å². The van der Waals surface area contributed by atoms with Crippen LogP contribution < -0.4 is 15.4 Å². The number of carbonyl (C=O) groups is 1. The van der Waals surface area contributed by atoms with Crippen LogP contribution in [0, 0.1) is 6.92 Å². The van der Waals surface area contributed by atoms with Gasteiger partial charge in [-0.3, -0.25) is 4.79 Å². The van der Waals surface area contributed by atoms with Gasteiger partial charge in [0, 0.05) is 19.2 Å². The minimum Gasteiger partial charge on any atom is -0.497 e. The Morgan fingerprint density at radius 2 is 1.86 bits per heavy atom. The van der Waals surface area contributed by atoms with E-state index in [-0.39, 0.29) is 5.91 Å². The van der Waals surface area contributed by atoms with Crippen molar-refractivity contribution in [2.45, 2.75) is 19.9 Å². The van der Waals surface area contributed by atoms with Crippen LogP contribution >= 0.6 is 0 Å². The van der Waals surface area contributed by atoms with Crippen molar-refractivity contribution in [1.29, 1.82) is 0 Å². The maximum absolute atomic E-state index is 12.4. The normalized spacial score (nSPS) is 10.4. The van der Waals surface area contributed by atoms with Crippen LogP contribution in [-0.2, 0) is 13.0 Å². The fourth-order valence-electron chi connectivity index (χ4n) is 2.72. The third-order valence-corrected chi connectivity index (χ3v) is 4.33. The lowest BCUT2D eigenvalue weighted by Crippen LogP contribution is -2.24. The molecule has 6 heteroatoms. The van der Waals surface area contributed by atoms with Crippen molar-refractivity contribution < 1.29 is 9.53 Å². The Morgan fingerprint density at radius 3 is 2.64 bits per heavy atom. The van der Waals surface area contributed by atoms with E-state index < -0.39 is 0 Å². The van der Waals surface area contributed by atoms with Gasteiger partial charge in [-0.15, -0.1) is 0 Å². The Hall–Kier alpha value is -3.41. The highest BCUT2D eigenvalue weighted by atomic mass is 16.5. The predicted octanol–water partition coefficient (Wildman–Crippen LogP) is 3.38. The van der Waals surface area contributed by atoms with Crippen molar-refractivity contribution in [3.8, 4) is 5.75 Å². The molecule has 1 amide bonds. The number of nitrogens with one attached hydrogen (secondary N) is 2. The number of anilines is 1. The molecule has 0 aliphatic carbocycles. The monoisotopic (exact) mass is 376 g/mol. The molecule has 2 N–H and O–H groups in total. The van der Waals surface area contributed by atoms with Crippen LogP contribution in [0.1, 0.15) is 27.2 Å². The summed E-state index contributed by atoms with van der Waals surface area (Å²) in [5.74, 6) is 1.24. The molecule has 1 heterocycles. The van der Waals surface area contributed by atoms with Crippen LogP contribution in [0.3, 0.4) is 0 Å². The lowest BCUT2D eigenvalue weighted by molar-refractivity contribution is 0.0946. The second-order valence-corrected chi connectivity index (χ2v) is 6.49. The van der Waals surface area contributed by atoms with Crippen molar-refractivity contribution in [2.75, 3.05) is 19.0 Å². The molecule has 6 nitrogen and oxygen atoms in total. The first-order chi connectivity index (χ1) is 13.6. The molecule has 144 valence electrons. The minimum absolute atomic E-state index is 0.223. The summed E-state index contributed by atoms with van der Waals surface area (Å²) in [4.78, 5) is 20.6. The number of amides is 1. The van der Waals surface area contributed by atoms with Gasteiger partial charge in [0.15, 0.2) is 0 Å². The van der Waals surface area contributed by atoms with Gasteiger partial charge in [0.25, 0.3) is 5.91 Å². The Balaban J connectivity index is 1.52. The first-order valence-corrected chi connectivity index (χ1v) is 9.16. The molecule has 0 unspecified atom stereocenters. The zero-order chi connectivity index (χ0) is 19.8. The van der Waals surface area contributed by atoms with Gasteiger partial charge in [-0.25, -0.2) is 9.97 Å². The number of rotatable bonds is 8. The summed E-state index contributed by atoms with van der Waals surface area (Å²) in [5, 5.41) is 6.12. The summed E-state index contributed by atoms with van der Waals surface area (Å²) in [7, 11) is 1.66. The molecule has 0 spiro atoms. The molecule has 0 saturated carbocycles. The van der Waals surface area contributed by atoms with Gasteiger partial charge in [0.1, 0.15) is 23.6 Å². The van der Waals surface area contributed by atoms with Crippen LogP contribution in [-0.4, -0.2) is 29.5 Å². The summed E-state index contributed by atoms with van der Waals surface area (Å²) in [5.41, 5.74) is 3.74. The van der Waals surface area contributed by atoms with E-state index >= 15 is 0 Å². The predicted molar refractivity (Wildman–Crippen MR) is 110 cm³/mol. The van der Waals surface area contributed by atoms with E-state index in [1.54, 1.807) is 13.2 Å². The summed E-state index contributed by atoms with van der Waals surface area (Å²) >= 11 is 0. The SMILES string of the molecule is COc1cccc(CCNc2cc(C(=O)NCc3ccc(C)cc3)ncn2)c1. The fraction of sp³-hybridized carbons (Fsp3) is 0.227. The van der Waals surface area contributed by atoms with E-state index in [0.29, 0.717) is 24.6 Å². The molecule has 3 rings (SSSR count). The molecule has 3 aromatic rings. The first kappa shape index (κ1) is 19.4. The van der Waals surface area contributed by atoms with Gasteiger partial charge in [-0.2, -0.15) is 0 Å². The quantitative estimate of drug-likeness (QED) is 0.630. The average molecular weight is 376 g/mol. The number of carbonyl (C=O) groups excluding carboxylic acids is 1. The van der Waals surface area contributed by atoms with E-state index in [2.05, 4.69) is 20.6 Å². The van der Waals surface area contributed by atoms with E-state index in [1.165, 1.54) is 11.9 Å². The molecule has 0 bridgehead atoms. The number of hydrogen-bond donors (Lipinski definition) is 2.